The Balaban J connectivity index is 2.34. The largest absolute Gasteiger partial charge is 0.497 e. The van der Waals surface area contributed by atoms with Crippen LogP contribution in [0.3, 0.4) is 0 Å². The van der Waals surface area contributed by atoms with Crippen molar-refractivity contribution in [3.8, 4) is 5.75 Å². The summed E-state index contributed by atoms with van der Waals surface area (Å²) in [6, 6.07) is 8.84. The summed E-state index contributed by atoms with van der Waals surface area (Å²) in [7, 11) is 1.53. The second kappa shape index (κ2) is 4.97. The molecule has 1 aromatic heterocycles. The summed E-state index contributed by atoms with van der Waals surface area (Å²) in [5, 5.41) is 1.98. The summed E-state index contributed by atoms with van der Waals surface area (Å²) in [5.74, 6) is 0.279. The maximum atomic E-state index is 13.8. The Morgan fingerprint density at radius 1 is 1.38 bits per heavy atom. The topological polar surface area (TPSA) is 9.23 Å². The summed E-state index contributed by atoms with van der Waals surface area (Å²) in [5.41, 5.74) is 0.628. The molecule has 2 rings (SSSR count). The van der Waals surface area contributed by atoms with E-state index in [1.165, 1.54) is 13.2 Å². The van der Waals surface area contributed by atoms with Gasteiger partial charge in [-0.05, 0) is 17.5 Å². The van der Waals surface area contributed by atoms with Crippen LogP contribution in [0.5, 0.6) is 5.75 Å². The van der Waals surface area contributed by atoms with Crippen LogP contribution in [0.1, 0.15) is 15.3 Å². The Labute approximate surface area is 106 Å². The average Bonchev–Trinajstić information content (AvgIpc) is 2.81. The summed E-state index contributed by atoms with van der Waals surface area (Å²) >= 11 is 5.10. The van der Waals surface area contributed by atoms with Crippen LogP contribution in [-0.4, -0.2) is 7.11 Å². The van der Waals surface area contributed by atoms with Crippen LogP contribution in [0.25, 0.3) is 0 Å². The van der Waals surface area contributed by atoms with Gasteiger partial charge in [-0.3, -0.25) is 0 Å². The van der Waals surface area contributed by atoms with E-state index < -0.39 is 0 Å². The lowest BCUT2D eigenvalue weighted by molar-refractivity contribution is 0.411. The fraction of sp³-hybridized carbons (Fsp3) is 0.167. The van der Waals surface area contributed by atoms with E-state index in [1.54, 1.807) is 23.5 Å². The number of hydrogen-bond donors (Lipinski definition) is 0. The van der Waals surface area contributed by atoms with E-state index in [2.05, 4.69) is 15.9 Å². The molecule has 0 radical (unpaired) electrons. The Morgan fingerprint density at radius 2 is 2.19 bits per heavy atom. The van der Waals surface area contributed by atoms with Crippen LogP contribution in [0.4, 0.5) is 4.39 Å². The average molecular weight is 301 g/mol. The molecule has 0 saturated carbocycles. The molecule has 84 valence electrons. The molecule has 1 heterocycles. The third kappa shape index (κ3) is 2.28. The zero-order valence-electron chi connectivity index (χ0n) is 8.61. The highest BCUT2D eigenvalue weighted by Crippen LogP contribution is 2.35. The third-order valence-electron chi connectivity index (χ3n) is 2.27. The van der Waals surface area contributed by atoms with E-state index in [0.717, 1.165) is 4.88 Å². The first-order valence-corrected chi connectivity index (χ1v) is 6.53. The van der Waals surface area contributed by atoms with Gasteiger partial charge in [-0.2, -0.15) is 0 Å². The first kappa shape index (κ1) is 11.6. The normalized spacial score (nSPS) is 12.4. The quantitative estimate of drug-likeness (QED) is 0.764. The van der Waals surface area contributed by atoms with E-state index >= 15 is 0 Å². The molecule has 0 aliphatic carbocycles. The van der Waals surface area contributed by atoms with Crippen molar-refractivity contribution >= 4 is 27.3 Å². The first-order valence-electron chi connectivity index (χ1n) is 4.73. The van der Waals surface area contributed by atoms with Crippen LogP contribution >= 0.6 is 27.3 Å². The number of benzene rings is 1. The summed E-state index contributed by atoms with van der Waals surface area (Å²) in [4.78, 5) is 0.988. The van der Waals surface area contributed by atoms with Crippen molar-refractivity contribution in [2.24, 2.45) is 0 Å². The van der Waals surface area contributed by atoms with Gasteiger partial charge in [-0.25, -0.2) is 4.39 Å². The predicted octanol–water partition coefficient (Wildman–Crippen LogP) is 4.38. The van der Waals surface area contributed by atoms with Crippen molar-refractivity contribution in [1.82, 2.24) is 0 Å². The number of methoxy groups -OCH3 is 1. The van der Waals surface area contributed by atoms with Gasteiger partial charge in [0.15, 0.2) is 0 Å². The van der Waals surface area contributed by atoms with Crippen LogP contribution < -0.4 is 4.74 Å². The highest BCUT2D eigenvalue weighted by atomic mass is 79.9. The summed E-state index contributed by atoms with van der Waals surface area (Å²) in [6.07, 6.45) is 0. The molecule has 0 fully saturated rings. The minimum Gasteiger partial charge on any atom is -0.497 e. The summed E-state index contributed by atoms with van der Waals surface area (Å²) < 4.78 is 18.7. The predicted molar refractivity (Wildman–Crippen MR) is 68.0 cm³/mol. The third-order valence-corrected chi connectivity index (χ3v) is 4.50. The number of thiophene rings is 1. The van der Waals surface area contributed by atoms with Gasteiger partial charge in [-0.15, -0.1) is 11.3 Å². The number of rotatable bonds is 3. The Bertz CT molecular complexity index is 470. The van der Waals surface area contributed by atoms with E-state index in [9.17, 15) is 4.39 Å². The Kier molecular flexibility index (Phi) is 3.61. The van der Waals surface area contributed by atoms with E-state index in [0.29, 0.717) is 11.3 Å². The van der Waals surface area contributed by atoms with Gasteiger partial charge >= 0.3 is 0 Å². The second-order valence-corrected chi connectivity index (χ2v) is 5.16. The molecule has 0 aliphatic rings. The fourth-order valence-electron chi connectivity index (χ4n) is 1.43. The molecule has 1 nitrogen and oxygen atoms in total. The molecule has 0 aliphatic heterocycles. The van der Waals surface area contributed by atoms with Gasteiger partial charge in [0.1, 0.15) is 11.6 Å². The maximum Gasteiger partial charge on any atom is 0.131 e. The van der Waals surface area contributed by atoms with Crippen LogP contribution in [0.15, 0.2) is 35.7 Å². The zero-order valence-corrected chi connectivity index (χ0v) is 11.0. The van der Waals surface area contributed by atoms with E-state index in [-0.39, 0.29) is 10.6 Å². The van der Waals surface area contributed by atoms with Crippen molar-refractivity contribution in [3.63, 3.8) is 0 Å². The Morgan fingerprint density at radius 3 is 2.75 bits per heavy atom. The molecule has 0 N–H and O–H groups in total. The molecule has 1 aromatic carbocycles. The standard InChI is InChI=1S/C12H10BrFOS/c1-15-8-4-5-9(10(14)7-8)12(13)11-3-2-6-16-11/h2-7,12H,1H3. The van der Waals surface area contributed by atoms with Gasteiger partial charge in [0.05, 0.1) is 11.9 Å². The smallest absolute Gasteiger partial charge is 0.131 e. The van der Waals surface area contributed by atoms with Gasteiger partial charge in [0.2, 0.25) is 0 Å². The maximum absolute atomic E-state index is 13.8. The fourth-order valence-corrected chi connectivity index (χ4v) is 2.99. The lowest BCUT2D eigenvalue weighted by atomic mass is 10.1. The second-order valence-electron chi connectivity index (χ2n) is 3.27. The summed E-state index contributed by atoms with van der Waals surface area (Å²) in [6.45, 7) is 0. The molecule has 2 aromatic rings. The zero-order chi connectivity index (χ0) is 11.5. The molecule has 4 heteroatoms. The molecular weight excluding hydrogens is 291 g/mol. The minimum absolute atomic E-state index is 0.0987. The molecular formula is C12H10BrFOS. The minimum atomic E-state index is -0.255. The molecule has 0 spiro atoms. The van der Waals surface area contributed by atoms with Crippen LogP contribution in [0.2, 0.25) is 0 Å². The van der Waals surface area contributed by atoms with Crippen molar-refractivity contribution in [1.29, 1.82) is 0 Å². The van der Waals surface area contributed by atoms with Gasteiger partial charge in [0.25, 0.3) is 0 Å². The SMILES string of the molecule is COc1ccc(C(Br)c2cccs2)c(F)c1. The van der Waals surface area contributed by atoms with Gasteiger partial charge in [0, 0.05) is 16.5 Å². The Hall–Kier alpha value is -0.870. The van der Waals surface area contributed by atoms with Crippen molar-refractivity contribution in [2.75, 3.05) is 7.11 Å². The highest BCUT2D eigenvalue weighted by molar-refractivity contribution is 9.09. The molecule has 1 atom stereocenters. The van der Waals surface area contributed by atoms with E-state index in [4.69, 9.17) is 4.74 Å². The monoisotopic (exact) mass is 300 g/mol. The lowest BCUT2D eigenvalue weighted by Crippen LogP contribution is -1.95. The number of ether oxygens (including phenoxy) is 1. The molecule has 16 heavy (non-hydrogen) atoms. The van der Waals surface area contributed by atoms with Crippen molar-refractivity contribution in [3.05, 3.63) is 52.0 Å². The van der Waals surface area contributed by atoms with Crippen molar-refractivity contribution in [2.45, 2.75) is 4.83 Å². The van der Waals surface area contributed by atoms with Gasteiger partial charge in [-0.1, -0.05) is 28.1 Å². The van der Waals surface area contributed by atoms with Crippen molar-refractivity contribution < 1.29 is 9.13 Å². The van der Waals surface area contributed by atoms with Crippen LogP contribution in [-0.2, 0) is 0 Å². The van der Waals surface area contributed by atoms with Gasteiger partial charge < -0.3 is 4.74 Å². The molecule has 0 amide bonds. The number of alkyl halides is 1. The molecule has 0 saturated heterocycles. The van der Waals surface area contributed by atoms with E-state index in [1.807, 2.05) is 17.5 Å². The number of halogens is 2. The molecule has 0 bridgehead atoms. The van der Waals surface area contributed by atoms with Crippen LogP contribution in [0, 0.1) is 5.82 Å². The first-order chi connectivity index (χ1) is 7.72. The highest BCUT2D eigenvalue weighted by Gasteiger charge is 2.15. The lowest BCUT2D eigenvalue weighted by Gasteiger charge is -2.10. The molecule has 1 unspecified atom stereocenters. The number of hydrogen-bond acceptors (Lipinski definition) is 2.